The zero-order valence-electron chi connectivity index (χ0n) is 12.2. The van der Waals surface area contributed by atoms with E-state index in [1.165, 1.54) is 6.07 Å². The van der Waals surface area contributed by atoms with Gasteiger partial charge < -0.3 is 18.8 Å². The molecule has 0 N–H and O–H groups in total. The number of ether oxygens (including phenoxy) is 2. The van der Waals surface area contributed by atoms with Crippen molar-refractivity contribution in [3.8, 4) is 11.5 Å². The molecule has 1 aromatic heterocycles. The first-order valence-corrected chi connectivity index (χ1v) is 6.42. The maximum Gasteiger partial charge on any atom is 0.336 e. The van der Waals surface area contributed by atoms with E-state index in [2.05, 4.69) is 0 Å². The highest BCUT2D eigenvalue weighted by Gasteiger charge is 2.14. The van der Waals surface area contributed by atoms with Crippen molar-refractivity contribution in [1.82, 2.24) is 4.90 Å². The third kappa shape index (κ3) is 2.93. The van der Waals surface area contributed by atoms with E-state index in [1.807, 2.05) is 38.1 Å². The number of hydrogen-bond donors (Lipinski definition) is 0. The van der Waals surface area contributed by atoms with Gasteiger partial charge in [-0.15, -0.1) is 0 Å². The van der Waals surface area contributed by atoms with Gasteiger partial charge in [0.1, 0.15) is 6.61 Å². The smallest absolute Gasteiger partial charge is 0.336 e. The van der Waals surface area contributed by atoms with Gasteiger partial charge in [-0.05, 0) is 38.7 Å². The van der Waals surface area contributed by atoms with Crippen molar-refractivity contribution >= 4 is 11.0 Å². The molecule has 2 rings (SSSR count). The van der Waals surface area contributed by atoms with Crippen molar-refractivity contribution in [2.75, 3.05) is 34.4 Å². The topological polar surface area (TPSA) is 51.9 Å². The Bertz CT molecular complexity index is 661. The number of nitrogens with zero attached hydrogens (tertiary/aromatic N) is 1. The Hall–Kier alpha value is -2.01. The largest absolute Gasteiger partial charge is 0.493 e. The van der Waals surface area contributed by atoms with Crippen LogP contribution in [0.2, 0.25) is 0 Å². The highest BCUT2D eigenvalue weighted by Crippen LogP contribution is 2.35. The van der Waals surface area contributed by atoms with Crippen LogP contribution in [0.4, 0.5) is 0 Å². The summed E-state index contributed by atoms with van der Waals surface area (Å²) in [6, 6.07) is 5.16. The Kier molecular flexibility index (Phi) is 4.29. The van der Waals surface area contributed by atoms with Crippen molar-refractivity contribution in [1.29, 1.82) is 0 Å². The molecule has 0 fully saturated rings. The Morgan fingerprint density at radius 3 is 2.70 bits per heavy atom. The molecule has 0 saturated carbocycles. The summed E-state index contributed by atoms with van der Waals surface area (Å²) >= 11 is 0. The van der Waals surface area contributed by atoms with Crippen LogP contribution in [0.25, 0.3) is 11.0 Å². The van der Waals surface area contributed by atoms with Crippen LogP contribution in [0.3, 0.4) is 0 Å². The van der Waals surface area contributed by atoms with Gasteiger partial charge in [-0.3, -0.25) is 0 Å². The first kappa shape index (κ1) is 14.4. The van der Waals surface area contributed by atoms with Crippen LogP contribution in [-0.2, 0) is 0 Å². The summed E-state index contributed by atoms with van der Waals surface area (Å²) < 4.78 is 16.4. The molecule has 0 saturated heterocycles. The number of rotatable bonds is 5. The standard InChI is InChI=1S/C15H19NO4/c1-10-9-13(17)20-14-11(10)5-6-12(18-4)15(14)19-8-7-16(2)3/h5-6,9H,7-8H2,1-4H3. The highest BCUT2D eigenvalue weighted by atomic mass is 16.5. The number of aryl methyl sites for hydroxylation is 1. The molecule has 0 bridgehead atoms. The fourth-order valence-corrected chi connectivity index (χ4v) is 1.97. The van der Waals surface area contributed by atoms with Crippen molar-refractivity contribution < 1.29 is 13.9 Å². The predicted octanol–water partition coefficient (Wildman–Crippen LogP) is 2.05. The van der Waals surface area contributed by atoms with Crippen LogP contribution in [0.15, 0.2) is 27.4 Å². The minimum atomic E-state index is -0.388. The minimum Gasteiger partial charge on any atom is -0.493 e. The third-order valence-electron chi connectivity index (χ3n) is 3.04. The second-order valence-corrected chi connectivity index (χ2v) is 4.87. The van der Waals surface area contributed by atoms with E-state index >= 15 is 0 Å². The quantitative estimate of drug-likeness (QED) is 0.783. The fourth-order valence-electron chi connectivity index (χ4n) is 1.97. The van der Waals surface area contributed by atoms with Gasteiger partial charge in [-0.1, -0.05) is 0 Å². The van der Waals surface area contributed by atoms with E-state index in [9.17, 15) is 4.79 Å². The zero-order chi connectivity index (χ0) is 14.7. The predicted molar refractivity (Wildman–Crippen MR) is 77.8 cm³/mol. The molecule has 0 atom stereocenters. The summed E-state index contributed by atoms with van der Waals surface area (Å²) in [6.45, 7) is 3.12. The molecule has 0 unspecified atom stereocenters. The Labute approximate surface area is 117 Å². The second-order valence-electron chi connectivity index (χ2n) is 4.87. The summed E-state index contributed by atoms with van der Waals surface area (Å²) in [5, 5.41) is 0.852. The molecular formula is C15H19NO4. The average molecular weight is 277 g/mol. The molecule has 1 heterocycles. The first-order valence-electron chi connectivity index (χ1n) is 6.42. The Morgan fingerprint density at radius 2 is 2.05 bits per heavy atom. The first-order chi connectivity index (χ1) is 9.52. The van der Waals surface area contributed by atoms with Crippen molar-refractivity contribution in [2.45, 2.75) is 6.92 Å². The van der Waals surface area contributed by atoms with Gasteiger partial charge in [-0.25, -0.2) is 4.79 Å². The molecule has 5 nitrogen and oxygen atoms in total. The average Bonchev–Trinajstić information content (AvgIpc) is 2.38. The molecule has 108 valence electrons. The molecule has 2 aromatic rings. The van der Waals surface area contributed by atoms with E-state index < -0.39 is 0 Å². The molecule has 0 aliphatic carbocycles. The van der Waals surface area contributed by atoms with Gasteiger partial charge >= 0.3 is 5.63 Å². The van der Waals surface area contributed by atoms with Gasteiger partial charge in [0.15, 0.2) is 11.3 Å². The van der Waals surface area contributed by atoms with Crippen LogP contribution >= 0.6 is 0 Å². The minimum absolute atomic E-state index is 0.388. The Morgan fingerprint density at radius 1 is 1.30 bits per heavy atom. The number of methoxy groups -OCH3 is 1. The number of hydrogen-bond acceptors (Lipinski definition) is 5. The normalized spacial score (nSPS) is 11.1. The summed E-state index contributed by atoms with van der Waals surface area (Å²) in [5.41, 5.74) is 0.908. The maximum absolute atomic E-state index is 11.6. The second kappa shape index (κ2) is 5.96. The van der Waals surface area contributed by atoms with E-state index in [1.54, 1.807) is 7.11 Å². The fraction of sp³-hybridized carbons (Fsp3) is 0.400. The lowest BCUT2D eigenvalue weighted by molar-refractivity contribution is 0.250. The van der Waals surface area contributed by atoms with Gasteiger partial charge in [-0.2, -0.15) is 0 Å². The molecule has 0 amide bonds. The van der Waals surface area contributed by atoms with Crippen LogP contribution in [0.5, 0.6) is 11.5 Å². The number of fused-ring (bicyclic) bond motifs is 1. The van der Waals surface area contributed by atoms with Gasteiger partial charge in [0.05, 0.1) is 7.11 Å². The monoisotopic (exact) mass is 277 g/mol. The molecule has 0 radical (unpaired) electrons. The summed E-state index contributed by atoms with van der Waals surface area (Å²) in [4.78, 5) is 13.6. The van der Waals surface area contributed by atoms with Crippen LogP contribution in [0, 0.1) is 6.92 Å². The molecule has 0 aliphatic rings. The lowest BCUT2D eigenvalue weighted by atomic mass is 10.1. The highest BCUT2D eigenvalue weighted by molar-refractivity contribution is 5.87. The molecule has 0 spiro atoms. The van der Waals surface area contributed by atoms with Crippen molar-refractivity contribution in [3.05, 3.63) is 34.2 Å². The molecular weight excluding hydrogens is 258 g/mol. The number of benzene rings is 1. The van der Waals surface area contributed by atoms with E-state index in [0.717, 1.165) is 17.5 Å². The van der Waals surface area contributed by atoms with Crippen LogP contribution in [0.1, 0.15) is 5.56 Å². The molecule has 1 aromatic carbocycles. The van der Waals surface area contributed by atoms with Crippen LogP contribution < -0.4 is 15.1 Å². The molecule has 0 aliphatic heterocycles. The molecule has 20 heavy (non-hydrogen) atoms. The van der Waals surface area contributed by atoms with Crippen LogP contribution in [-0.4, -0.2) is 39.3 Å². The lowest BCUT2D eigenvalue weighted by Crippen LogP contribution is -2.19. The van der Waals surface area contributed by atoms with Crippen molar-refractivity contribution in [3.63, 3.8) is 0 Å². The molecule has 5 heteroatoms. The SMILES string of the molecule is COc1ccc2c(C)cc(=O)oc2c1OCCN(C)C. The van der Waals surface area contributed by atoms with Crippen molar-refractivity contribution in [2.24, 2.45) is 0 Å². The van der Waals surface area contributed by atoms with Gasteiger partial charge in [0.2, 0.25) is 5.75 Å². The zero-order valence-corrected chi connectivity index (χ0v) is 12.2. The summed E-state index contributed by atoms with van der Waals surface area (Å²) in [7, 11) is 5.50. The summed E-state index contributed by atoms with van der Waals surface area (Å²) in [5.74, 6) is 1.04. The lowest BCUT2D eigenvalue weighted by Gasteiger charge is -2.15. The summed E-state index contributed by atoms with van der Waals surface area (Å²) in [6.07, 6.45) is 0. The maximum atomic E-state index is 11.6. The van der Waals surface area contributed by atoms with E-state index in [0.29, 0.717) is 23.7 Å². The van der Waals surface area contributed by atoms with Gasteiger partial charge in [0.25, 0.3) is 0 Å². The van der Waals surface area contributed by atoms with E-state index in [4.69, 9.17) is 13.9 Å². The van der Waals surface area contributed by atoms with E-state index in [-0.39, 0.29) is 5.63 Å². The Balaban J connectivity index is 2.50. The third-order valence-corrected chi connectivity index (χ3v) is 3.04. The van der Waals surface area contributed by atoms with Gasteiger partial charge in [0, 0.05) is 18.0 Å². The number of likely N-dealkylation sites (N-methyl/N-ethyl adjacent to an activating group) is 1.